The van der Waals surface area contributed by atoms with E-state index in [1.807, 2.05) is 42.3 Å². The van der Waals surface area contributed by atoms with Crippen LogP contribution in [0.25, 0.3) is 5.70 Å². The first-order chi connectivity index (χ1) is 14.8. The summed E-state index contributed by atoms with van der Waals surface area (Å²) in [7, 11) is 0. The number of amides is 1. The van der Waals surface area contributed by atoms with Gasteiger partial charge in [-0.3, -0.25) is 9.80 Å². The SMILES string of the molecule is C=C1NCC(C(=O)NC2C=C(c3cccc(C(C)C)c3)N(c3ccccc3Cl)N2)C1C. The lowest BCUT2D eigenvalue weighted by Gasteiger charge is -2.26. The first kappa shape index (κ1) is 21.5. The highest BCUT2D eigenvalue weighted by molar-refractivity contribution is 6.33. The van der Waals surface area contributed by atoms with Gasteiger partial charge in [0.15, 0.2) is 0 Å². The lowest BCUT2D eigenvalue weighted by atomic mass is 9.95. The fourth-order valence-corrected chi connectivity index (χ4v) is 4.29. The number of hydrazine groups is 1. The van der Waals surface area contributed by atoms with E-state index in [9.17, 15) is 4.79 Å². The van der Waals surface area contributed by atoms with Gasteiger partial charge in [0.1, 0.15) is 6.17 Å². The molecule has 0 radical (unpaired) electrons. The molecule has 2 heterocycles. The summed E-state index contributed by atoms with van der Waals surface area (Å²) in [5.74, 6) is 0.393. The molecule has 0 aliphatic carbocycles. The molecule has 3 unspecified atom stereocenters. The zero-order valence-electron chi connectivity index (χ0n) is 18.2. The number of nitrogens with zero attached hydrogens (tertiary/aromatic N) is 1. The molecule has 2 aliphatic rings. The van der Waals surface area contributed by atoms with Crippen LogP contribution in [-0.4, -0.2) is 18.6 Å². The van der Waals surface area contributed by atoms with Crippen molar-refractivity contribution >= 4 is 28.9 Å². The molecule has 0 aromatic heterocycles. The van der Waals surface area contributed by atoms with Gasteiger partial charge < -0.3 is 10.6 Å². The van der Waals surface area contributed by atoms with Crippen molar-refractivity contribution in [1.82, 2.24) is 16.1 Å². The molecular weight excluding hydrogens is 408 g/mol. The van der Waals surface area contributed by atoms with Crippen LogP contribution in [0, 0.1) is 11.8 Å². The van der Waals surface area contributed by atoms with E-state index >= 15 is 0 Å². The third kappa shape index (κ3) is 4.34. The molecule has 4 rings (SSSR count). The second kappa shape index (κ2) is 8.77. The third-order valence-corrected chi connectivity index (χ3v) is 6.43. The van der Waals surface area contributed by atoms with Crippen LogP contribution in [0.2, 0.25) is 5.02 Å². The summed E-state index contributed by atoms with van der Waals surface area (Å²) >= 11 is 6.52. The minimum absolute atomic E-state index is 0.00342. The summed E-state index contributed by atoms with van der Waals surface area (Å²) in [5.41, 5.74) is 8.45. The highest BCUT2D eigenvalue weighted by Crippen LogP contribution is 2.34. The number of hydrogen-bond acceptors (Lipinski definition) is 4. The maximum Gasteiger partial charge on any atom is 0.227 e. The van der Waals surface area contributed by atoms with Gasteiger partial charge in [0.2, 0.25) is 5.91 Å². The molecule has 5 nitrogen and oxygen atoms in total. The van der Waals surface area contributed by atoms with Crippen LogP contribution >= 0.6 is 11.6 Å². The molecule has 2 aromatic rings. The van der Waals surface area contributed by atoms with Crippen molar-refractivity contribution < 1.29 is 4.79 Å². The molecule has 1 saturated heterocycles. The van der Waals surface area contributed by atoms with Crippen molar-refractivity contribution in [2.75, 3.05) is 11.6 Å². The maximum atomic E-state index is 12.9. The van der Waals surface area contributed by atoms with Crippen molar-refractivity contribution in [3.05, 3.63) is 83.0 Å². The molecule has 0 spiro atoms. The maximum absolute atomic E-state index is 12.9. The van der Waals surface area contributed by atoms with E-state index in [1.165, 1.54) is 5.56 Å². The summed E-state index contributed by atoms with van der Waals surface area (Å²) in [5, 5.41) is 8.93. The summed E-state index contributed by atoms with van der Waals surface area (Å²) in [6.45, 7) is 11.0. The van der Waals surface area contributed by atoms with Crippen LogP contribution < -0.4 is 21.1 Å². The van der Waals surface area contributed by atoms with Crippen molar-refractivity contribution in [3.63, 3.8) is 0 Å². The fourth-order valence-electron chi connectivity index (χ4n) is 4.07. The highest BCUT2D eigenvalue weighted by Gasteiger charge is 2.35. The Bertz CT molecular complexity index is 1030. The zero-order chi connectivity index (χ0) is 22.1. The normalized spacial score (nSPS) is 23.1. The molecular formula is C25H29ClN4O. The van der Waals surface area contributed by atoms with E-state index < -0.39 is 0 Å². The fraction of sp³-hybridized carbons (Fsp3) is 0.320. The number of hydrogen-bond donors (Lipinski definition) is 3. The summed E-state index contributed by atoms with van der Waals surface area (Å²) in [6.07, 6.45) is 1.70. The lowest BCUT2D eigenvalue weighted by molar-refractivity contribution is -0.125. The van der Waals surface area contributed by atoms with E-state index in [4.69, 9.17) is 11.6 Å². The number of halogens is 1. The molecule has 2 aromatic carbocycles. The first-order valence-corrected chi connectivity index (χ1v) is 11.1. The topological polar surface area (TPSA) is 56.4 Å². The zero-order valence-corrected chi connectivity index (χ0v) is 18.9. The van der Waals surface area contributed by atoms with E-state index in [1.54, 1.807) is 0 Å². The number of anilines is 1. The molecule has 31 heavy (non-hydrogen) atoms. The van der Waals surface area contributed by atoms with Crippen molar-refractivity contribution in [2.45, 2.75) is 32.9 Å². The smallest absolute Gasteiger partial charge is 0.227 e. The van der Waals surface area contributed by atoms with Crippen LogP contribution in [-0.2, 0) is 4.79 Å². The number of rotatable bonds is 5. The highest BCUT2D eigenvalue weighted by atomic mass is 35.5. The Hall–Kier alpha value is -2.76. The molecule has 162 valence electrons. The molecule has 0 saturated carbocycles. The molecule has 2 aliphatic heterocycles. The Kier molecular flexibility index (Phi) is 6.08. The van der Waals surface area contributed by atoms with Crippen LogP contribution in [0.15, 0.2) is 66.9 Å². The number of para-hydroxylation sites is 1. The second-order valence-corrected chi connectivity index (χ2v) is 8.94. The van der Waals surface area contributed by atoms with E-state index in [-0.39, 0.29) is 23.9 Å². The number of carbonyl (C=O) groups excluding carboxylic acids is 1. The monoisotopic (exact) mass is 436 g/mol. The van der Waals surface area contributed by atoms with Gasteiger partial charge in [-0.2, -0.15) is 0 Å². The number of allylic oxidation sites excluding steroid dienone is 1. The average molecular weight is 437 g/mol. The van der Waals surface area contributed by atoms with Gasteiger partial charge in [0, 0.05) is 18.2 Å². The number of benzene rings is 2. The molecule has 3 atom stereocenters. The first-order valence-electron chi connectivity index (χ1n) is 10.7. The Balaban J connectivity index is 1.64. The van der Waals surface area contributed by atoms with E-state index in [0.29, 0.717) is 17.5 Å². The molecule has 6 heteroatoms. The molecule has 1 fully saturated rings. The summed E-state index contributed by atoms with van der Waals surface area (Å²) in [4.78, 5) is 12.9. The van der Waals surface area contributed by atoms with Gasteiger partial charge in [-0.25, -0.2) is 5.43 Å². The minimum atomic E-state index is -0.345. The average Bonchev–Trinajstić information content (AvgIpc) is 3.32. The van der Waals surface area contributed by atoms with Crippen LogP contribution in [0.3, 0.4) is 0 Å². The van der Waals surface area contributed by atoms with Crippen molar-refractivity contribution in [1.29, 1.82) is 0 Å². The largest absolute Gasteiger partial charge is 0.388 e. The van der Waals surface area contributed by atoms with Crippen LogP contribution in [0.1, 0.15) is 37.8 Å². The second-order valence-electron chi connectivity index (χ2n) is 8.54. The Morgan fingerprint density at radius 3 is 2.68 bits per heavy atom. The lowest BCUT2D eigenvalue weighted by Crippen LogP contribution is -2.49. The minimum Gasteiger partial charge on any atom is -0.388 e. The quantitative estimate of drug-likeness (QED) is 0.639. The third-order valence-electron chi connectivity index (χ3n) is 6.11. The van der Waals surface area contributed by atoms with Gasteiger partial charge in [-0.05, 0) is 41.3 Å². The van der Waals surface area contributed by atoms with Gasteiger partial charge in [0.05, 0.1) is 22.3 Å². The Labute approximate surface area is 189 Å². The van der Waals surface area contributed by atoms with Crippen LogP contribution in [0.4, 0.5) is 5.69 Å². The van der Waals surface area contributed by atoms with Gasteiger partial charge in [-0.15, -0.1) is 0 Å². The molecule has 0 bridgehead atoms. The van der Waals surface area contributed by atoms with Gasteiger partial charge in [0.25, 0.3) is 0 Å². The van der Waals surface area contributed by atoms with Crippen LogP contribution in [0.5, 0.6) is 0 Å². The van der Waals surface area contributed by atoms with E-state index in [2.05, 4.69) is 60.8 Å². The Morgan fingerprint density at radius 1 is 1.23 bits per heavy atom. The molecule has 1 amide bonds. The summed E-state index contributed by atoms with van der Waals surface area (Å²) in [6, 6.07) is 16.2. The van der Waals surface area contributed by atoms with E-state index in [0.717, 1.165) is 22.6 Å². The predicted molar refractivity (Wildman–Crippen MR) is 127 cm³/mol. The van der Waals surface area contributed by atoms with Crippen molar-refractivity contribution in [2.24, 2.45) is 11.8 Å². The van der Waals surface area contributed by atoms with Crippen molar-refractivity contribution in [3.8, 4) is 0 Å². The van der Waals surface area contributed by atoms with Gasteiger partial charge in [-0.1, -0.05) is 69.3 Å². The standard InChI is InChI=1S/C25H29ClN4O/c1-15(2)18-8-7-9-19(12-18)23-13-24(28-25(31)20-14-27-17(4)16(20)3)29-30(23)22-11-6-5-10-21(22)26/h5-13,15-16,20,24,27,29H,4,14H2,1-3H3,(H,28,31). The Morgan fingerprint density at radius 2 is 2.00 bits per heavy atom. The number of carbonyl (C=O) groups is 1. The summed E-state index contributed by atoms with van der Waals surface area (Å²) < 4.78 is 0. The van der Waals surface area contributed by atoms with Gasteiger partial charge >= 0.3 is 0 Å². The predicted octanol–water partition coefficient (Wildman–Crippen LogP) is 4.64. The number of nitrogens with one attached hydrogen (secondary N) is 3. The molecule has 3 N–H and O–H groups in total.